The van der Waals surface area contributed by atoms with E-state index in [1.165, 1.54) is 0 Å². The summed E-state index contributed by atoms with van der Waals surface area (Å²) < 4.78 is 3.40. The lowest BCUT2D eigenvalue weighted by atomic mass is 9.85. The number of carbonyl (C=O) groups is 1. The standard InChI is InChI=1S/C24H27N3O3/c1-14-9-8-10-18-21(14)17(13-25-18)15(2)26-19-11-6-7-12-20(19)27(23(26)30)16(3)24(4,5)22(28)29/h6-13,15-16,25H,1-5H3,(H,28,29). The smallest absolute Gasteiger partial charge is 0.329 e. The molecule has 156 valence electrons. The summed E-state index contributed by atoms with van der Waals surface area (Å²) in [6.45, 7) is 9.19. The molecular weight excluding hydrogens is 378 g/mol. The molecule has 0 fully saturated rings. The minimum Gasteiger partial charge on any atom is -0.481 e. The molecule has 0 radical (unpaired) electrons. The van der Waals surface area contributed by atoms with Crippen LogP contribution in [0, 0.1) is 12.3 Å². The Hall–Kier alpha value is -3.28. The number of aryl methyl sites for hydroxylation is 1. The molecule has 4 aromatic rings. The van der Waals surface area contributed by atoms with Crippen LogP contribution < -0.4 is 5.69 Å². The Balaban J connectivity index is 1.98. The van der Waals surface area contributed by atoms with Gasteiger partial charge in [0.05, 0.1) is 28.5 Å². The first-order valence-corrected chi connectivity index (χ1v) is 10.2. The lowest BCUT2D eigenvalue weighted by Gasteiger charge is -2.28. The number of H-pyrrole nitrogens is 1. The van der Waals surface area contributed by atoms with Crippen LogP contribution in [0.2, 0.25) is 0 Å². The molecule has 4 rings (SSSR count). The van der Waals surface area contributed by atoms with Crippen molar-refractivity contribution in [2.75, 3.05) is 0 Å². The fourth-order valence-corrected chi connectivity index (χ4v) is 4.31. The number of fused-ring (bicyclic) bond motifs is 2. The first-order valence-electron chi connectivity index (χ1n) is 10.2. The van der Waals surface area contributed by atoms with Crippen molar-refractivity contribution >= 4 is 27.9 Å². The van der Waals surface area contributed by atoms with E-state index in [1.807, 2.05) is 49.5 Å². The summed E-state index contributed by atoms with van der Waals surface area (Å²) in [4.78, 5) is 28.9. The van der Waals surface area contributed by atoms with Gasteiger partial charge in [-0.15, -0.1) is 0 Å². The zero-order valence-corrected chi connectivity index (χ0v) is 17.9. The molecule has 0 amide bonds. The molecule has 2 unspecified atom stereocenters. The number of nitrogens with zero attached hydrogens (tertiary/aromatic N) is 2. The average molecular weight is 405 g/mol. The lowest BCUT2D eigenvalue weighted by Crippen LogP contribution is -2.38. The summed E-state index contributed by atoms with van der Waals surface area (Å²) in [5, 5.41) is 10.8. The first kappa shape index (κ1) is 20.0. The molecular formula is C24H27N3O3. The van der Waals surface area contributed by atoms with E-state index in [-0.39, 0.29) is 11.7 Å². The molecule has 0 bridgehead atoms. The molecule has 6 heteroatoms. The van der Waals surface area contributed by atoms with E-state index in [9.17, 15) is 14.7 Å². The summed E-state index contributed by atoms with van der Waals surface area (Å²) in [6.07, 6.45) is 1.96. The van der Waals surface area contributed by atoms with Crippen molar-refractivity contribution in [3.63, 3.8) is 0 Å². The van der Waals surface area contributed by atoms with Crippen LogP contribution in [-0.2, 0) is 4.79 Å². The highest BCUT2D eigenvalue weighted by molar-refractivity contribution is 5.87. The largest absolute Gasteiger partial charge is 0.481 e. The molecule has 2 N–H and O–H groups in total. The number of aliphatic carboxylic acids is 1. The maximum absolute atomic E-state index is 13.7. The first-order chi connectivity index (χ1) is 14.2. The summed E-state index contributed by atoms with van der Waals surface area (Å²) in [5.74, 6) is -0.931. The maximum atomic E-state index is 13.7. The van der Waals surface area contributed by atoms with Crippen LogP contribution in [0.4, 0.5) is 0 Å². The molecule has 2 aromatic carbocycles. The van der Waals surface area contributed by atoms with Crippen LogP contribution >= 0.6 is 0 Å². The summed E-state index contributed by atoms with van der Waals surface area (Å²) in [5.41, 5.74) is 3.46. The molecule has 0 aliphatic carbocycles. The maximum Gasteiger partial charge on any atom is 0.329 e. The van der Waals surface area contributed by atoms with Gasteiger partial charge in [-0.05, 0) is 58.4 Å². The predicted octanol–water partition coefficient (Wildman–Crippen LogP) is 4.87. The van der Waals surface area contributed by atoms with E-state index < -0.39 is 17.4 Å². The molecule has 30 heavy (non-hydrogen) atoms. The van der Waals surface area contributed by atoms with Gasteiger partial charge in [0.25, 0.3) is 0 Å². The lowest BCUT2D eigenvalue weighted by molar-refractivity contribution is -0.149. The number of carboxylic acids is 1. The third kappa shape index (κ3) is 2.78. The van der Waals surface area contributed by atoms with Crippen molar-refractivity contribution in [1.29, 1.82) is 0 Å². The van der Waals surface area contributed by atoms with Crippen LogP contribution in [0.5, 0.6) is 0 Å². The van der Waals surface area contributed by atoms with E-state index in [2.05, 4.69) is 18.0 Å². The third-order valence-corrected chi connectivity index (χ3v) is 6.58. The van der Waals surface area contributed by atoms with Crippen molar-refractivity contribution in [3.05, 3.63) is 70.3 Å². The van der Waals surface area contributed by atoms with Crippen molar-refractivity contribution < 1.29 is 9.90 Å². The Morgan fingerprint density at radius 3 is 2.30 bits per heavy atom. The Morgan fingerprint density at radius 2 is 1.67 bits per heavy atom. The van der Waals surface area contributed by atoms with Gasteiger partial charge in [0.15, 0.2) is 0 Å². The van der Waals surface area contributed by atoms with Gasteiger partial charge in [-0.3, -0.25) is 13.9 Å². The summed E-state index contributed by atoms with van der Waals surface area (Å²) >= 11 is 0. The van der Waals surface area contributed by atoms with Crippen molar-refractivity contribution in [3.8, 4) is 0 Å². The minimum atomic E-state index is -1.10. The molecule has 2 heterocycles. The van der Waals surface area contributed by atoms with Gasteiger partial charge in [0.1, 0.15) is 0 Å². The zero-order valence-electron chi connectivity index (χ0n) is 17.9. The van der Waals surface area contributed by atoms with Crippen LogP contribution in [0.1, 0.15) is 50.9 Å². The molecule has 0 aliphatic rings. The van der Waals surface area contributed by atoms with Crippen molar-refractivity contribution in [2.24, 2.45) is 5.41 Å². The SMILES string of the molecule is Cc1cccc2[nH]cc(C(C)n3c(=O)n(C(C)C(C)(C)C(=O)O)c4ccccc43)c12. The second-order valence-corrected chi connectivity index (χ2v) is 8.63. The number of aromatic nitrogens is 3. The number of carboxylic acid groups (broad SMARTS) is 1. The van der Waals surface area contributed by atoms with Crippen LogP contribution in [0.15, 0.2) is 53.5 Å². The van der Waals surface area contributed by atoms with Gasteiger partial charge in [-0.25, -0.2) is 4.79 Å². The van der Waals surface area contributed by atoms with Gasteiger partial charge in [-0.1, -0.05) is 24.3 Å². The van der Waals surface area contributed by atoms with E-state index in [4.69, 9.17) is 0 Å². The fraction of sp³-hybridized carbons (Fsp3) is 0.333. The normalized spacial score (nSPS) is 14.3. The van der Waals surface area contributed by atoms with Crippen molar-refractivity contribution in [2.45, 2.75) is 46.7 Å². The average Bonchev–Trinajstić information content (AvgIpc) is 3.26. The monoisotopic (exact) mass is 405 g/mol. The Morgan fingerprint density at radius 1 is 1.03 bits per heavy atom. The fourth-order valence-electron chi connectivity index (χ4n) is 4.31. The molecule has 6 nitrogen and oxygen atoms in total. The van der Waals surface area contributed by atoms with E-state index in [0.29, 0.717) is 0 Å². The van der Waals surface area contributed by atoms with Crippen LogP contribution in [0.3, 0.4) is 0 Å². The van der Waals surface area contributed by atoms with E-state index in [1.54, 1.807) is 29.9 Å². The number of aromatic amines is 1. The van der Waals surface area contributed by atoms with Crippen LogP contribution in [0.25, 0.3) is 21.9 Å². The van der Waals surface area contributed by atoms with Gasteiger partial charge >= 0.3 is 11.7 Å². The molecule has 0 aliphatic heterocycles. The Labute approximate surface area is 174 Å². The highest BCUT2D eigenvalue weighted by Gasteiger charge is 2.37. The number of rotatable bonds is 5. The number of hydrogen-bond acceptors (Lipinski definition) is 2. The second-order valence-electron chi connectivity index (χ2n) is 8.63. The number of hydrogen-bond donors (Lipinski definition) is 2. The van der Waals surface area contributed by atoms with E-state index >= 15 is 0 Å². The Kier molecular flexibility index (Phi) is 4.60. The summed E-state index contributed by atoms with van der Waals surface area (Å²) in [7, 11) is 0. The van der Waals surface area contributed by atoms with Gasteiger partial charge in [-0.2, -0.15) is 0 Å². The minimum absolute atomic E-state index is 0.201. The molecule has 2 atom stereocenters. The second kappa shape index (κ2) is 6.90. The number of imidazole rings is 1. The number of nitrogens with one attached hydrogen (secondary N) is 1. The molecule has 0 spiro atoms. The quantitative estimate of drug-likeness (QED) is 0.497. The molecule has 0 saturated heterocycles. The molecule has 0 saturated carbocycles. The van der Waals surface area contributed by atoms with Gasteiger partial charge < -0.3 is 10.1 Å². The zero-order chi connectivity index (χ0) is 21.8. The third-order valence-electron chi connectivity index (χ3n) is 6.58. The summed E-state index contributed by atoms with van der Waals surface area (Å²) in [6, 6.07) is 12.9. The molecule has 2 aromatic heterocycles. The Bertz CT molecular complexity index is 1320. The highest BCUT2D eigenvalue weighted by atomic mass is 16.4. The van der Waals surface area contributed by atoms with E-state index in [0.717, 1.165) is 33.1 Å². The highest BCUT2D eigenvalue weighted by Crippen LogP contribution is 2.35. The van der Waals surface area contributed by atoms with Gasteiger partial charge in [0.2, 0.25) is 0 Å². The number of para-hydroxylation sites is 2. The topological polar surface area (TPSA) is 80.0 Å². The number of benzene rings is 2. The van der Waals surface area contributed by atoms with Gasteiger partial charge in [0, 0.05) is 22.7 Å². The van der Waals surface area contributed by atoms with Crippen LogP contribution in [-0.4, -0.2) is 25.2 Å². The van der Waals surface area contributed by atoms with Crippen molar-refractivity contribution in [1.82, 2.24) is 14.1 Å². The predicted molar refractivity (Wildman–Crippen MR) is 119 cm³/mol.